The van der Waals surface area contributed by atoms with Gasteiger partial charge in [-0.05, 0) is 6.42 Å². The predicted molar refractivity (Wildman–Crippen MR) is 75.8 cm³/mol. The zero-order valence-electron chi connectivity index (χ0n) is 11.3. The highest BCUT2D eigenvalue weighted by Crippen LogP contribution is 2.21. The van der Waals surface area contributed by atoms with Crippen molar-refractivity contribution in [2.45, 2.75) is 13.3 Å². The number of amidine groups is 1. The number of nitrogens with zero attached hydrogens (tertiary/aromatic N) is 7. The van der Waals surface area contributed by atoms with Crippen LogP contribution in [-0.2, 0) is 0 Å². The van der Waals surface area contributed by atoms with Crippen LogP contribution < -0.4 is 5.43 Å². The van der Waals surface area contributed by atoms with Crippen LogP contribution in [0.25, 0.3) is 5.70 Å². The van der Waals surface area contributed by atoms with Gasteiger partial charge in [0.05, 0.1) is 18.1 Å². The second kappa shape index (κ2) is 5.95. The molecule has 0 spiro atoms. The lowest BCUT2D eigenvalue weighted by atomic mass is 10.2. The monoisotopic (exact) mass is 280 g/mol. The molecular weight excluding hydrogens is 268 g/mol. The predicted octanol–water partition coefficient (Wildman–Crippen LogP) is 1.76. The standard InChI is InChI=1S/C13H12N8/c1-2-9-12(10-7-14-3-5-16-10)19-21-13(20-18-9)11-8-15-4-6-17-11/h3-8,18H,2H2,1H3. The summed E-state index contributed by atoms with van der Waals surface area (Å²) in [6.45, 7) is 2.00. The van der Waals surface area contributed by atoms with Gasteiger partial charge in [0.15, 0.2) is 0 Å². The summed E-state index contributed by atoms with van der Waals surface area (Å²) >= 11 is 0. The quantitative estimate of drug-likeness (QED) is 0.923. The van der Waals surface area contributed by atoms with E-state index in [0.717, 1.165) is 5.70 Å². The SMILES string of the molecule is CCC1=C(c2cnccn2)N=NC(c2cnccn2)=NN1. The van der Waals surface area contributed by atoms with E-state index >= 15 is 0 Å². The van der Waals surface area contributed by atoms with E-state index in [9.17, 15) is 0 Å². The number of azo groups is 1. The van der Waals surface area contributed by atoms with Crippen LogP contribution in [0.3, 0.4) is 0 Å². The van der Waals surface area contributed by atoms with Crippen LogP contribution in [0.4, 0.5) is 0 Å². The number of hydrogen-bond acceptors (Lipinski definition) is 8. The molecule has 2 aromatic heterocycles. The fourth-order valence-electron chi connectivity index (χ4n) is 1.75. The van der Waals surface area contributed by atoms with Crippen molar-refractivity contribution in [2.75, 3.05) is 0 Å². The molecule has 1 aliphatic heterocycles. The Bertz CT molecular complexity index is 705. The largest absolute Gasteiger partial charge is 0.278 e. The van der Waals surface area contributed by atoms with Crippen LogP contribution in [0.2, 0.25) is 0 Å². The van der Waals surface area contributed by atoms with Gasteiger partial charge < -0.3 is 0 Å². The molecule has 8 heteroatoms. The van der Waals surface area contributed by atoms with Crippen molar-refractivity contribution in [1.29, 1.82) is 0 Å². The molecule has 0 unspecified atom stereocenters. The lowest BCUT2D eigenvalue weighted by Gasteiger charge is -2.05. The first-order chi connectivity index (χ1) is 10.4. The second-order valence-electron chi connectivity index (χ2n) is 4.11. The zero-order valence-corrected chi connectivity index (χ0v) is 11.3. The molecule has 104 valence electrons. The maximum Gasteiger partial charge on any atom is 0.221 e. The van der Waals surface area contributed by atoms with Gasteiger partial charge in [0.2, 0.25) is 5.84 Å². The summed E-state index contributed by atoms with van der Waals surface area (Å²) in [7, 11) is 0. The maximum absolute atomic E-state index is 4.25. The highest BCUT2D eigenvalue weighted by atomic mass is 15.4. The molecule has 21 heavy (non-hydrogen) atoms. The molecule has 0 saturated carbocycles. The fraction of sp³-hybridized carbons (Fsp3) is 0.154. The lowest BCUT2D eigenvalue weighted by molar-refractivity contribution is 0.831. The first-order valence-corrected chi connectivity index (χ1v) is 6.40. The highest BCUT2D eigenvalue weighted by molar-refractivity contribution is 5.97. The third-order valence-corrected chi connectivity index (χ3v) is 2.78. The number of allylic oxidation sites excluding steroid dienone is 1. The zero-order chi connectivity index (χ0) is 14.5. The number of hydrogen-bond donors (Lipinski definition) is 1. The summed E-state index contributed by atoms with van der Waals surface area (Å²) < 4.78 is 0. The summed E-state index contributed by atoms with van der Waals surface area (Å²) in [5.41, 5.74) is 5.60. The van der Waals surface area contributed by atoms with Crippen molar-refractivity contribution in [3.8, 4) is 0 Å². The van der Waals surface area contributed by atoms with Gasteiger partial charge in [0, 0.05) is 24.8 Å². The fourth-order valence-corrected chi connectivity index (χ4v) is 1.75. The molecule has 0 radical (unpaired) electrons. The summed E-state index contributed by atoms with van der Waals surface area (Å²) in [6, 6.07) is 0. The van der Waals surface area contributed by atoms with Crippen LogP contribution in [0.1, 0.15) is 24.7 Å². The average molecular weight is 280 g/mol. The molecule has 0 atom stereocenters. The van der Waals surface area contributed by atoms with Gasteiger partial charge in [-0.1, -0.05) is 6.92 Å². The van der Waals surface area contributed by atoms with E-state index in [2.05, 4.69) is 40.7 Å². The van der Waals surface area contributed by atoms with Crippen LogP contribution >= 0.6 is 0 Å². The van der Waals surface area contributed by atoms with E-state index in [-0.39, 0.29) is 0 Å². The van der Waals surface area contributed by atoms with E-state index in [1.807, 2.05) is 6.92 Å². The molecule has 0 aliphatic carbocycles. The third kappa shape index (κ3) is 2.78. The summed E-state index contributed by atoms with van der Waals surface area (Å²) in [4.78, 5) is 16.5. The smallest absolute Gasteiger partial charge is 0.221 e. The van der Waals surface area contributed by atoms with E-state index in [1.165, 1.54) is 0 Å². The van der Waals surface area contributed by atoms with E-state index < -0.39 is 0 Å². The number of rotatable bonds is 3. The van der Waals surface area contributed by atoms with Crippen molar-refractivity contribution < 1.29 is 0 Å². The Morgan fingerprint density at radius 1 is 0.905 bits per heavy atom. The summed E-state index contributed by atoms with van der Waals surface area (Å²) in [6.07, 6.45) is 10.3. The Morgan fingerprint density at radius 2 is 1.62 bits per heavy atom. The third-order valence-electron chi connectivity index (χ3n) is 2.78. The molecule has 0 aromatic carbocycles. The minimum absolute atomic E-state index is 0.368. The van der Waals surface area contributed by atoms with Crippen molar-refractivity contribution in [1.82, 2.24) is 25.4 Å². The minimum Gasteiger partial charge on any atom is -0.278 e. The topological polar surface area (TPSA) is 101 Å². The molecule has 0 bridgehead atoms. The van der Waals surface area contributed by atoms with Crippen LogP contribution in [0, 0.1) is 0 Å². The van der Waals surface area contributed by atoms with Gasteiger partial charge in [-0.15, -0.1) is 10.2 Å². The minimum atomic E-state index is 0.368. The van der Waals surface area contributed by atoms with Crippen LogP contribution in [0.15, 0.2) is 58.2 Å². The molecule has 2 aromatic rings. The molecule has 3 rings (SSSR count). The van der Waals surface area contributed by atoms with E-state index in [0.29, 0.717) is 29.3 Å². The first-order valence-electron chi connectivity index (χ1n) is 6.40. The highest BCUT2D eigenvalue weighted by Gasteiger charge is 2.14. The molecule has 8 nitrogen and oxygen atoms in total. The van der Waals surface area contributed by atoms with Crippen molar-refractivity contribution in [2.24, 2.45) is 15.3 Å². The van der Waals surface area contributed by atoms with Crippen molar-refractivity contribution in [3.63, 3.8) is 0 Å². The lowest BCUT2D eigenvalue weighted by Crippen LogP contribution is -2.10. The number of hydrazone groups is 1. The van der Waals surface area contributed by atoms with Gasteiger partial charge in [-0.3, -0.25) is 20.4 Å². The number of nitrogens with one attached hydrogen (secondary N) is 1. The average Bonchev–Trinajstić information content (AvgIpc) is 2.79. The summed E-state index contributed by atoms with van der Waals surface area (Å²) in [5.74, 6) is 0.368. The van der Waals surface area contributed by atoms with Gasteiger partial charge in [-0.25, -0.2) is 4.98 Å². The second-order valence-corrected chi connectivity index (χ2v) is 4.11. The maximum atomic E-state index is 4.25. The molecule has 0 fully saturated rings. The van der Waals surface area contributed by atoms with Gasteiger partial charge in [-0.2, -0.15) is 5.10 Å². The molecule has 0 saturated heterocycles. The van der Waals surface area contributed by atoms with Gasteiger partial charge in [0.1, 0.15) is 17.1 Å². The van der Waals surface area contributed by atoms with Crippen molar-refractivity contribution >= 4 is 11.5 Å². The number of aromatic nitrogens is 4. The Morgan fingerprint density at radius 3 is 2.24 bits per heavy atom. The van der Waals surface area contributed by atoms with Crippen LogP contribution in [0.5, 0.6) is 0 Å². The van der Waals surface area contributed by atoms with Gasteiger partial charge >= 0.3 is 0 Å². The Labute approximate surface area is 120 Å². The molecule has 1 aliphatic rings. The molecule has 3 heterocycles. The van der Waals surface area contributed by atoms with Crippen molar-refractivity contribution in [3.05, 3.63) is 54.3 Å². The Kier molecular flexibility index (Phi) is 3.68. The summed E-state index contributed by atoms with van der Waals surface area (Å²) in [5, 5.41) is 12.6. The van der Waals surface area contributed by atoms with E-state index in [1.54, 1.807) is 37.2 Å². The normalized spacial score (nSPS) is 14.4. The van der Waals surface area contributed by atoms with E-state index in [4.69, 9.17) is 0 Å². The first kappa shape index (κ1) is 13.0. The molecule has 1 N–H and O–H groups in total. The Balaban J connectivity index is 1.98. The van der Waals surface area contributed by atoms with Gasteiger partial charge in [0.25, 0.3) is 0 Å². The molecular formula is C13H12N8. The molecule has 0 amide bonds. The van der Waals surface area contributed by atoms with Crippen LogP contribution in [-0.4, -0.2) is 25.8 Å². The Hall–Kier alpha value is -3.03.